The topological polar surface area (TPSA) is 75.8 Å². The van der Waals surface area contributed by atoms with Gasteiger partial charge >= 0.3 is 0 Å². The minimum absolute atomic E-state index is 0.00151. The first-order chi connectivity index (χ1) is 9.32. The summed E-state index contributed by atoms with van der Waals surface area (Å²) in [6.07, 6.45) is 0.0699. The first kappa shape index (κ1) is 14.7. The largest absolute Gasteiger partial charge is 0.392 e. The lowest BCUT2D eigenvalue weighted by Gasteiger charge is -2.43. The van der Waals surface area contributed by atoms with E-state index in [4.69, 9.17) is 4.74 Å². The van der Waals surface area contributed by atoms with Crippen molar-refractivity contribution in [1.82, 2.24) is 0 Å². The zero-order chi connectivity index (χ0) is 14.9. The summed E-state index contributed by atoms with van der Waals surface area (Å²) in [6.45, 7) is 7.19. The Morgan fingerprint density at radius 3 is 2.80 bits per heavy atom. The highest BCUT2D eigenvalue weighted by Gasteiger charge is 2.32. The molecule has 1 aliphatic heterocycles. The molecule has 0 saturated carbocycles. The van der Waals surface area contributed by atoms with Crippen LogP contribution in [0.4, 0.5) is 11.4 Å². The Hall–Kier alpha value is -1.66. The van der Waals surface area contributed by atoms with Crippen LogP contribution in [0.15, 0.2) is 18.2 Å². The zero-order valence-corrected chi connectivity index (χ0v) is 12.0. The molecule has 0 radical (unpaired) electrons. The normalized spacial score (nSPS) is 21.8. The molecule has 1 fully saturated rings. The van der Waals surface area contributed by atoms with E-state index in [-0.39, 0.29) is 24.0 Å². The average Bonchev–Trinajstić information content (AvgIpc) is 2.35. The molecule has 1 aromatic carbocycles. The van der Waals surface area contributed by atoms with E-state index in [2.05, 4.69) is 4.90 Å². The number of nitro groups is 1. The molecule has 1 aromatic rings. The van der Waals surface area contributed by atoms with E-state index in [9.17, 15) is 15.2 Å². The molecule has 0 spiro atoms. The van der Waals surface area contributed by atoms with E-state index >= 15 is 0 Å². The Labute approximate surface area is 118 Å². The van der Waals surface area contributed by atoms with Gasteiger partial charge in [0.25, 0.3) is 5.69 Å². The summed E-state index contributed by atoms with van der Waals surface area (Å²) in [5.41, 5.74) is 1.12. The minimum atomic E-state index is -0.450. The standard InChI is InChI=1S/C14H20N2O4/c1-10-7-15(9-14(2,3)20-10)13-5-4-12(16(18)19)6-11(13)8-17/h4-6,10,17H,7-9H2,1-3H3. The monoisotopic (exact) mass is 280 g/mol. The van der Waals surface area contributed by atoms with Gasteiger partial charge in [0.2, 0.25) is 0 Å². The number of non-ortho nitro benzene ring substituents is 1. The van der Waals surface area contributed by atoms with Crippen molar-refractivity contribution in [3.8, 4) is 0 Å². The summed E-state index contributed by atoms with van der Waals surface area (Å²) in [6, 6.07) is 4.61. The molecule has 1 atom stereocenters. The zero-order valence-electron chi connectivity index (χ0n) is 12.0. The maximum Gasteiger partial charge on any atom is 0.269 e. The Morgan fingerprint density at radius 1 is 1.55 bits per heavy atom. The van der Waals surface area contributed by atoms with Gasteiger partial charge in [-0.1, -0.05) is 0 Å². The van der Waals surface area contributed by atoms with Crippen LogP contribution in [0.25, 0.3) is 0 Å². The number of morpholine rings is 1. The molecule has 0 aromatic heterocycles. The van der Waals surface area contributed by atoms with E-state index in [0.717, 1.165) is 5.69 Å². The minimum Gasteiger partial charge on any atom is -0.392 e. The molecule has 0 amide bonds. The molecule has 0 bridgehead atoms. The molecule has 2 rings (SSSR count). The van der Waals surface area contributed by atoms with E-state index in [1.54, 1.807) is 6.07 Å². The van der Waals surface area contributed by atoms with Crippen LogP contribution in [0.3, 0.4) is 0 Å². The number of nitrogens with zero attached hydrogens (tertiary/aromatic N) is 2. The summed E-state index contributed by atoms with van der Waals surface area (Å²) < 4.78 is 5.85. The fraction of sp³-hybridized carbons (Fsp3) is 0.571. The van der Waals surface area contributed by atoms with Crippen molar-refractivity contribution >= 4 is 11.4 Å². The van der Waals surface area contributed by atoms with Gasteiger partial charge in [0.1, 0.15) is 0 Å². The Bertz CT molecular complexity index is 516. The molecule has 1 unspecified atom stereocenters. The third-order valence-electron chi connectivity index (χ3n) is 3.35. The molecule has 110 valence electrons. The second-order valence-corrected chi connectivity index (χ2v) is 5.80. The number of ether oxygens (including phenoxy) is 1. The number of rotatable bonds is 3. The van der Waals surface area contributed by atoms with Crippen LogP contribution < -0.4 is 4.90 Å². The van der Waals surface area contributed by atoms with Gasteiger partial charge in [-0.2, -0.15) is 0 Å². The molecule has 20 heavy (non-hydrogen) atoms. The van der Waals surface area contributed by atoms with E-state index in [1.807, 2.05) is 20.8 Å². The van der Waals surface area contributed by atoms with Crippen molar-refractivity contribution in [2.75, 3.05) is 18.0 Å². The summed E-state index contributed by atoms with van der Waals surface area (Å²) in [5.74, 6) is 0. The summed E-state index contributed by atoms with van der Waals surface area (Å²) in [4.78, 5) is 12.5. The van der Waals surface area contributed by atoms with Crippen molar-refractivity contribution in [3.63, 3.8) is 0 Å². The van der Waals surface area contributed by atoms with Crippen molar-refractivity contribution in [3.05, 3.63) is 33.9 Å². The van der Waals surface area contributed by atoms with Gasteiger partial charge in [0.15, 0.2) is 0 Å². The second-order valence-electron chi connectivity index (χ2n) is 5.80. The maximum atomic E-state index is 10.8. The number of aliphatic hydroxyl groups is 1. The lowest BCUT2D eigenvalue weighted by Crippen LogP contribution is -2.52. The molecule has 1 N–H and O–H groups in total. The van der Waals surface area contributed by atoms with Crippen molar-refractivity contribution in [2.24, 2.45) is 0 Å². The summed E-state index contributed by atoms with van der Waals surface area (Å²) in [7, 11) is 0. The fourth-order valence-electron chi connectivity index (χ4n) is 2.76. The highest BCUT2D eigenvalue weighted by molar-refractivity contribution is 5.58. The number of benzene rings is 1. The van der Waals surface area contributed by atoms with Crippen LogP contribution in [-0.2, 0) is 11.3 Å². The van der Waals surface area contributed by atoms with Gasteiger partial charge in [0.05, 0.1) is 23.2 Å². The number of hydrogen-bond acceptors (Lipinski definition) is 5. The van der Waals surface area contributed by atoms with Crippen molar-refractivity contribution in [2.45, 2.75) is 39.1 Å². The number of aliphatic hydroxyl groups excluding tert-OH is 1. The maximum absolute atomic E-state index is 10.8. The van der Waals surface area contributed by atoms with Crippen LogP contribution in [0.5, 0.6) is 0 Å². The van der Waals surface area contributed by atoms with Gasteiger partial charge in [0, 0.05) is 36.5 Å². The number of anilines is 1. The Kier molecular flexibility index (Phi) is 3.96. The molecule has 1 saturated heterocycles. The number of nitro benzene ring substituents is 1. The first-order valence-corrected chi connectivity index (χ1v) is 6.63. The third-order valence-corrected chi connectivity index (χ3v) is 3.35. The van der Waals surface area contributed by atoms with Crippen LogP contribution in [0, 0.1) is 10.1 Å². The van der Waals surface area contributed by atoms with Crippen LogP contribution in [-0.4, -0.2) is 34.8 Å². The van der Waals surface area contributed by atoms with Crippen molar-refractivity contribution < 1.29 is 14.8 Å². The average molecular weight is 280 g/mol. The van der Waals surface area contributed by atoms with E-state index in [1.165, 1.54) is 12.1 Å². The van der Waals surface area contributed by atoms with Gasteiger partial charge in [-0.15, -0.1) is 0 Å². The highest BCUT2D eigenvalue weighted by Crippen LogP contribution is 2.30. The molecule has 6 nitrogen and oxygen atoms in total. The van der Waals surface area contributed by atoms with Crippen molar-refractivity contribution in [1.29, 1.82) is 0 Å². The Morgan fingerprint density at radius 2 is 2.25 bits per heavy atom. The van der Waals surface area contributed by atoms with Gasteiger partial charge in [-0.25, -0.2) is 0 Å². The lowest BCUT2D eigenvalue weighted by molar-refractivity contribution is -0.384. The molecule has 6 heteroatoms. The fourth-order valence-corrected chi connectivity index (χ4v) is 2.76. The van der Waals surface area contributed by atoms with E-state index in [0.29, 0.717) is 18.7 Å². The molecule has 1 aliphatic rings. The third kappa shape index (κ3) is 3.08. The summed E-state index contributed by atoms with van der Waals surface area (Å²) >= 11 is 0. The lowest BCUT2D eigenvalue weighted by atomic mass is 10.0. The molecule has 0 aliphatic carbocycles. The summed E-state index contributed by atoms with van der Waals surface area (Å²) in [5, 5.41) is 20.3. The van der Waals surface area contributed by atoms with Crippen LogP contribution >= 0.6 is 0 Å². The van der Waals surface area contributed by atoms with Gasteiger partial charge in [-0.05, 0) is 26.8 Å². The predicted octanol–water partition coefficient (Wildman–Crippen LogP) is 2.09. The predicted molar refractivity (Wildman–Crippen MR) is 75.9 cm³/mol. The quantitative estimate of drug-likeness (QED) is 0.677. The smallest absolute Gasteiger partial charge is 0.269 e. The molecule has 1 heterocycles. The SMILES string of the molecule is CC1CN(c2ccc([N+](=O)[O-])cc2CO)CC(C)(C)O1. The van der Waals surface area contributed by atoms with Crippen LogP contribution in [0.1, 0.15) is 26.3 Å². The number of hydrogen-bond donors (Lipinski definition) is 1. The first-order valence-electron chi connectivity index (χ1n) is 6.63. The van der Waals surface area contributed by atoms with E-state index < -0.39 is 4.92 Å². The molecular weight excluding hydrogens is 260 g/mol. The molecular formula is C14H20N2O4. The second kappa shape index (κ2) is 5.38. The van der Waals surface area contributed by atoms with Crippen LogP contribution in [0.2, 0.25) is 0 Å². The van der Waals surface area contributed by atoms with Gasteiger partial charge in [-0.3, -0.25) is 10.1 Å². The van der Waals surface area contributed by atoms with Gasteiger partial charge < -0.3 is 14.7 Å². The Balaban J connectivity index is 2.34. The highest BCUT2D eigenvalue weighted by atomic mass is 16.6.